The fourth-order valence-corrected chi connectivity index (χ4v) is 3.01. The zero-order valence-electron chi connectivity index (χ0n) is 13.0. The van der Waals surface area contributed by atoms with E-state index in [1.54, 1.807) is 38.1 Å². The third-order valence-corrected chi connectivity index (χ3v) is 4.29. The van der Waals surface area contributed by atoms with E-state index in [0.29, 0.717) is 5.75 Å². The Morgan fingerprint density at radius 1 is 1.09 bits per heavy atom. The van der Waals surface area contributed by atoms with E-state index in [2.05, 4.69) is 4.72 Å². The number of ether oxygens (including phenoxy) is 2. The van der Waals surface area contributed by atoms with Crippen molar-refractivity contribution in [2.75, 3.05) is 11.8 Å². The van der Waals surface area contributed by atoms with Gasteiger partial charge in [-0.2, -0.15) is 0 Å². The summed E-state index contributed by atoms with van der Waals surface area (Å²) < 4.78 is 51.5. The van der Waals surface area contributed by atoms with Gasteiger partial charge in [0.25, 0.3) is 10.0 Å². The molecule has 0 amide bonds. The zero-order valence-corrected chi connectivity index (χ0v) is 13.9. The van der Waals surface area contributed by atoms with E-state index in [1.807, 2.05) is 0 Å². The first-order chi connectivity index (χ1) is 10.8. The molecule has 0 saturated heterocycles. The molecule has 124 valence electrons. The van der Waals surface area contributed by atoms with Crippen LogP contribution in [-0.2, 0) is 10.0 Å². The Morgan fingerprint density at radius 2 is 1.78 bits per heavy atom. The quantitative estimate of drug-likeness (QED) is 0.876. The van der Waals surface area contributed by atoms with Gasteiger partial charge in [0, 0.05) is 0 Å². The smallest absolute Gasteiger partial charge is 0.262 e. The van der Waals surface area contributed by atoms with Crippen molar-refractivity contribution in [1.82, 2.24) is 0 Å². The molecule has 0 saturated carbocycles. The molecule has 0 aliphatic rings. The van der Waals surface area contributed by atoms with E-state index >= 15 is 0 Å². The lowest BCUT2D eigenvalue weighted by atomic mass is 10.3. The number of methoxy groups -OCH3 is 1. The van der Waals surface area contributed by atoms with Crippen molar-refractivity contribution >= 4 is 15.7 Å². The molecule has 0 bridgehead atoms. The van der Waals surface area contributed by atoms with Crippen molar-refractivity contribution in [2.45, 2.75) is 24.8 Å². The molecular weight excluding hydrogens is 321 g/mol. The molecule has 1 N–H and O–H groups in total. The maximum Gasteiger partial charge on any atom is 0.262 e. The van der Waals surface area contributed by atoms with Gasteiger partial charge in [0.1, 0.15) is 5.75 Å². The molecular formula is C16H18FNO4S. The highest BCUT2D eigenvalue weighted by molar-refractivity contribution is 7.92. The van der Waals surface area contributed by atoms with Gasteiger partial charge in [-0.3, -0.25) is 4.72 Å². The molecule has 0 atom stereocenters. The van der Waals surface area contributed by atoms with Crippen LogP contribution in [0.15, 0.2) is 47.4 Å². The second kappa shape index (κ2) is 6.87. The van der Waals surface area contributed by atoms with Gasteiger partial charge < -0.3 is 9.47 Å². The molecule has 0 aromatic heterocycles. The lowest BCUT2D eigenvalue weighted by Crippen LogP contribution is -2.14. The fraction of sp³-hybridized carbons (Fsp3) is 0.250. The normalized spacial score (nSPS) is 11.3. The monoisotopic (exact) mass is 339 g/mol. The second-order valence-electron chi connectivity index (χ2n) is 5.06. The van der Waals surface area contributed by atoms with Crippen LogP contribution < -0.4 is 14.2 Å². The van der Waals surface area contributed by atoms with E-state index in [1.165, 1.54) is 19.2 Å². The molecule has 2 aromatic rings. The maximum atomic E-state index is 14.0. The Labute approximate surface area is 135 Å². The summed E-state index contributed by atoms with van der Waals surface area (Å²) in [6, 6.07) is 10.1. The number of hydrogen-bond donors (Lipinski definition) is 1. The standard InChI is InChI=1S/C16H18FNO4S/c1-11(2)22-15-9-8-12(10-13(15)17)23(19,20)18-14-6-4-5-7-16(14)21-3/h4-11,18H,1-3H3. The fourth-order valence-electron chi connectivity index (χ4n) is 1.93. The molecule has 0 unspecified atom stereocenters. The van der Waals surface area contributed by atoms with Gasteiger partial charge in [0.05, 0.1) is 23.8 Å². The second-order valence-corrected chi connectivity index (χ2v) is 6.75. The molecule has 23 heavy (non-hydrogen) atoms. The summed E-state index contributed by atoms with van der Waals surface area (Å²) in [6.45, 7) is 3.51. The molecule has 0 fully saturated rings. The Morgan fingerprint density at radius 3 is 2.39 bits per heavy atom. The topological polar surface area (TPSA) is 64.6 Å². The summed E-state index contributed by atoms with van der Waals surface area (Å²) >= 11 is 0. The third kappa shape index (κ3) is 4.13. The van der Waals surface area contributed by atoms with Gasteiger partial charge in [-0.25, -0.2) is 12.8 Å². The van der Waals surface area contributed by atoms with Crippen LogP contribution in [0.1, 0.15) is 13.8 Å². The van der Waals surface area contributed by atoms with Crippen molar-refractivity contribution in [3.8, 4) is 11.5 Å². The van der Waals surface area contributed by atoms with Gasteiger partial charge in [0.15, 0.2) is 11.6 Å². The number of rotatable bonds is 6. The van der Waals surface area contributed by atoms with E-state index in [0.717, 1.165) is 6.07 Å². The van der Waals surface area contributed by atoms with Crippen molar-refractivity contribution < 1.29 is 22.3 Å². The van der Waals surface area contributed by atoms with Crippen molar-refractivity contribution in [3.05, 3.63) is 48.3 Å². The Balaban J connectivity index is 2.31. The molecule has 0 radical (unpaired) electrons. The lowest BCUT2D eigenvalue weighted by molar-refractivity contribution is 0.231. The molecule has 0 aliphatic heterocycles. The van der Waals surface area contributed by atoms with Crippen LogP contribution in [0.5, 0.6) is 11.5 Å². The molecule has 5 nitrogen and oxygen atoms in total. The number of benzene rings is 2. The van der Waals surface area contributed by atoms with Crippen LogP contribution in [0.3, 0.4) is 0 Å². The number of sulfonamides is 1. The van der Waals surface area contributed by atoms with Gasteiger partial charge in [-0.1, -0.05) is 12.1 Å². The van der Waals surface area contributed by atoms with Crippen molar-refractivity contribution in [2.24, 2.45) is 0 Å². The zero-order chi connectivity index (χ0) is 17.0. The summed E-state index contributed by atoms with van der Waals surface area (Å²) in [5.74, 6) is -0.353. The van der Waals surface area contributed by atoms with Crippen LogP contribution in [-0.4, -0.2) is 21.6 Å². The Hall–Kier alpha value is -2.28. The highest BCUT2D eigenvalue weighted by atomic mass is 32.2. The number of hydrogen-bond acceptors (Lipinski definition) is 4. The van der Waals surface area contributed by atoms with Crippen LogP contribution in [0.4, 0.5) is 10.1 Å². The van der Waals surface area contributed by atoms with Crippen LogP contribution in [0.25, 0.3) is 0 Å². The lowest BCUT2D eigenvalue weighted by Gasteiger charge is -2.13. The first-order valence-electron chi connectivity index (χ1n) is 6.95. The van der Waals surface area contributed by atoms with Crippen molar-refractivity contribution in [1.29, 1.82) is 0 Å². The molecule has 2 rings (SSSR count). The molecule has 0 aliphatic carbocycles. The van der Waals surface area contributed by atoms with Gasteiger partial charge in [0.2, 0.25) is 0 Å². The summed E-state index contributed by atoms with van der Waals surface area (Å²) in [7, 11) is -2.50. The first kappa shape index (κ1) is 17.1. The first-order valence-corrected chi connectivity index (χ1v) is 8.44. The number of para-hydroxylation sites is 2. The highest BCUT2D eigenvalue weighted by Crippen LogP contribution is 2.28. The average molecular weight is 339 g/mol. The average Bonchev–Trinajstić information content (AvgIpc) is 2.49. The summed E-state index contributed by atoms with van der Waals surface area (Å²) in [4.78, 5) is -0.197. The predicted molar refractivity (Wildman–Crippen MR) is 86.0 cm³/mol. The van der Waals surface area contributed by atoms with E-state index in [-0.39, 0.29) is 22.4 Å². The van der Waals surface area contributed by atoms with Gasteiger partial charge >= 0.3 is 0 Å². The Kier molecular flexibility index (Phi) is 5.10. The van der Waals surface area contributed by atoms with Crippen LogP contribution >= 0.6 is 0 Å². The number of halogens is 1. The van der Waals surface area contributed by atoms with Gasteiger partial charge in [-0.05, 0) is 44.2 Å². The van der Waals surface area contributed by atoms with Crippen LogP contribution in [0, 0.1) is 5.82 Å². The van der Waals surface area contributed by atoms with Crippen molar-refractivity contribution in [3.63, 3.8) is 0 Å². The number of nitrogens with one attached hydrogen (secondary N) is 1. The highest BCUT2D eigenvalue weighted by Gasteiger charge is 2.19. The largest absolute Gasteiger partial charge is 0.495 e. The minimum Gasteiger partial charge on any atom is -0.495 e. The van der Waals surface area contributed by atoms with E-state index < -0.39 is 15.8 Å². The molecule has 0 spiro atoms. The minimum atomic E-state index is -3.94. The summed E-state index contributed by atoms with van der Waals surface area (Å²) in [5.41, 5.74) is 0.276. The predicted octanol–water partition coefficient (Wildman–Crippen LogP) is 3.42. The SMILES string of the molecule is COc1ccccc1NS(=O)(=O)c1ccc(OC(C)C)c(F)c1. The van der Waals surface area contributed by atoms with E-state index in [9.17, 15) is 12.8 Å². The molecule has 7 heteroatoms. The third-order valence-electron chi connectivity index (χ3n) is 2.93. The van der Waals surface area contributed by atoms with Gasteiger partial charge in [-0.15, -0.1) is 0 Å². The van der Waals surface area contributed by atoms with Crippen LogP contribution in [0.2, 0.25) is 0 Å². The molecule has 0 heterocycles. The maximum absolute atomic E-state index is 14.0. The summed E-state index contributed by atoms with van der Waals surface area (Å²) in [6.07, 6.45) is -0.210. The summed E-state index contributed by atoms with van der Waals surface area (Å²) in [5, 5.41) is 0. The number of anilines is 1. The molecule has 2 aromatic carbocycles. The van der Waals surface area contributed by atoms with E-state index in [4.69, 9.17) is 9.47 Å². The minimum absolute atomic E-state index is 0.0104. The Bertz CT molecular complexity index is 790.